The molecule has 0 fully saturated rings. The summed E-state index contributed by atoms with van der Waals surface area (Å²) in [4.78, 5) is 12.8. The van der Waals surface area contributed by atoms with E-state index in [2.05, 4.69) is 15.9 Å². The summed E-state index contributed by atoms with van der Waals surface area (Å²) in [6.07, 6.45) is 1.36. The van der Waals surface area contributed by atoms with E-state index in [1.54, 1.807) is 11.3 Å². The van der Waals surface area contributed by atoms with Gasteiger partial charge >= 0.3 is 0 Å². The highest BCUT2D eigenvalue weighted by atomic mass is 79.9. The molecule has 1 rings (SSSR count). The topological polar surface area (TPSA) is 43.1 Å². The molecule has 2 N–H and O–H groups in total. The first-order chi connectivity index (χ1) is 6.67. The van der Waals surface area contributed by atoms with Gasteiger partial charge in [0.1, 0.15) is 5.78 Å². The lowest BCUT2D eigenvalue weighted by Crippen LogP contribution is -2.24. The second kappa shape index (κ2) is 5.63. The fraction of sp³-hybridized carbons (Fsp3) is 0.500. The van der Waals surface area contributed by atoms with Crippen molar-refractivity contribution in [2.75, 3.05) is 6.54 Å². The number of Topliss-reactive ketones (excluding diaryl/α,β-unsaturated/α-hetero) is 1. The number of hydrogen-bond donors (Lipinski definition) is 1. The first kappa shape index (κ1) is 11.9. The Morgan fingerprint density at radius 2 is 2.36 bits per heavy atom. The third kappa shape index (κ3) is 3.19. The van der Waals surface area contributed by atoms with Gasteiger partial charge in [0.25, 0.3) is 0 Å². The van der Waals surface area contributed by atoms with E-state index in [4.69, 9.17) is 5.73 Å². The molecule has 0 aliphatic heterocycles. The molecule has 1 heterocycles. The van der Waals surface area contributed by atoms with Crippen molar-refractivity contribution in [3.63, 3.8) is 0 Å². The Morgan fingerprint density at radius 1 is 1.64 bits per heavy atom. The van der Waals surface area contributed by atoms with Gasteiger partial charge in [-0.05, 0) is 34.5 Å². The highest BCUT2D eigenvalue weighted by Gasteiger charge is 2.15. The fourth-order valence-corrected chi connectivity index (χ4v) is 2.78. The number of thiophene rings is 1. The minimum Gasteiger partial charge on any atom is -0.330 e. The van der Waals surface area contributed by atoms with Crippen LogP contribution in [-0.4, -0.2) is 12.3 Å². The van der Waals surface area contributed by atoms with Crippen LogP contribution >= 0.6 is 27.3 Å². The molecule has 0 spiro atoms. The molecule has 0 saturated carbocycles. The summed E-state index contributed by atoms with van der Waals surface area (Å²) in [5, 5.41) is 0. The van der Waals surface area contributed by atoms with Gasteiger partial charge in [-0.2, -0.15) is 0 Å². The molecular weight excluding hydrogens is 262 g/mol. The molecular formula is C10H14BrNOS. The van der Waals surface area contributed by atoms with Gasteiger partial charge in [-0.15, -0.1) is 11.3 Å². The Labute approximate surface area is 96.6 Å². The Bertz CT molecular complexity index is 307. The number of hydrogen-bond acceptors (Lipinski definition) is 3. The molecule has 78 valence electrons. The van der Waals surface area contributed by atoms with E-state index in [1.807, 2.05) is 19.1 Å². The number of carbonyl (C=O) groups excluding carboxylic acids is 1. The summed E-state index contributed by atoms with van der Waals surface area (Å²) in [7, 11) is 0. The molecule has 1 aromatic rings. The van der Waals surface area contributed by atoms with Crippen LogP contribution in [0, 0.1) is 5.92 Å². The molecule has 0 amide bonds. The van der Waals surface area contributed by atoms with E-state index >= 15 is 0 Å². The van der Waals surface area contributed by atoms with Crippen LogP contribution in [0.15, 0.2) is 15.9 Å². The molecule has 0 aliphatic rings. The van der Waals surface area contributed by atoms with E-state index < -0.39 is 0 Å². The molecule has 0 aliphatic carbocycles. The first-order valence-corrected chi connectivity index (χ1v) is 6.25. The third-order valence-corrected chi connectivity index (χ3v) is 3.83. The SMILES string of the molecule is CCC(CN)C(=O)Cc1ccc(Br)s1. The van der Waals surface area contributed by atoms with Gasteiger partial charge in [0, 0.05) is 23.8 Å². The molecule has 14 heavy (non-hydrogen) atoms. The van der Waals surface area contributed by atoms with Gasteiger partial charge in [0.05, 0.1) is 3.79 Å². The zero-order valence-electron chi connectivity index (χ0n) is 8.13. The van der Waals surface area contributed by atoms with Gasteiger partial charge < -0.3 is 5.73 Å². The summed E-state index contributed by atoms with van der Waals surface area (Å²) < 4.78 is 1.07. The molecule has 1 unspecified atom stereocenters. The zero-order valence-corrected chi connectivity index (χ0v) is 10.5. The molecule has 0 radical (unpaired) electrons. The molecule has 0 bridgehead atoms. The summed E-state index contributed by atoms with van der Waals surface area (Å²) in [5.74, 6) is 0.278. The van der Waals surface area contributed by atoms with Gasteiger partial charge in [-0.3, -0.25) is 4.79 Å². The van der Waals surface area contributed by atoms with Gasteiger partial charge in [-0.1, -0.05) is 6.92 Å². The maximum atomic E-state index is 11.7. The van der Waals surface area contributed by atoms with Crippen molar-refractivity contribution in [1.82, 2.24) is 0 Å². The van der Waals surface area contributed by atoms with E-state index in [1.165, 1.54) is 0 Å². The predicted octanol–water partition coefficient (Wildman–Crippen LogP) is 2.61. The highest BCUT2D eigenvalue weighted by molar-refractivity contribution is 9.11. The van der Waals surface area contributed by atoms with Crippen LogP contribution in [0.2, 0.25) is 0 Å². The largest absolute Gasteiger partial charge is 0.330 e. The average molecular weight is 276 g/mol. The molecule has 0 aromatic carbocycles. The van der Waals surface area contributed by atoms with Crippen LogP contribution in [0.3, 0.4) is 0 Å². The molecule has 4 heteroatoms. The van der Waals surface area contributed by atoms with Crippen molar-refractivity contribution >= 4 is 33.0 Å². The van der Waals surface area contributed by atoms with Crippen LogP contribution in [-0.2, 0) is 11.2 Å². The van der Waals surface area contributed by atoms with E-state index in [0.29, 0.717) is 13.0 Å². The molecule has 0 saturated heterocycles. The minimum absolute atomic E-state index is 0.0240. The maximum Gasteiger partial charge on any atom is 0.142 e. The van der Waals surface area contributed by atoms with Gasteiger partial charge in [-0.25, -0.2) is 0 Å². The van der Waals surface area contributed by atoms with Crippen molar-refractivity contribution in [2.45, 2.75) is 19.8 Å². The molecule has 1 atom stereocenters. The monoisotopic (exact) mass is 275 g/mol. The number of rotatable bonds is 5. The number of carbonyl (C=O) groups is 1. The fourth-order valence-electron chi connectivity index (χ4n) is 1.29. The minimum atomic E-state index is 0.0240. The summed E-state index contributed by atoms with van der Waals surface area (Å²) in [5.41, 5.74) is 5.52. The smallest absolute Gasteiger partial charge is 0.142 e. The Balaban J connectivity index is 2.56. The van der Waals surface area contributed by atoms with Crippen molar-refractivity contribution in [3.05, 3.63) is 20.8 Å². The van der Waals surface area contributed by atoms with Gasteiger partial charge in [0.2, 0.25) is 0 Å². The lowest BCUT2D eigenvalue weighted by molar-refractivity contribution is -0.121. The van der Waals surface area contributed by atoms with E-state index in [0.717, 1.165) is 15.1 Å². The predicted molar refractivity (Wildman–Crippen MR) is 63.6 cm³/mol. The Kier molecular flexibility index (Phi) is 4.78. The normalized spacial score (nSPS) is 12.8. The zero-order chi connectivity index (χ0) is 10.6. The number of halogens is 1. The van der Waals surface area contributed by atoms with Crippen molar-refractivity contribution < 1.29 is 4.79 Å². The average Bonchev–Trinajstić information content (AvgIpc) is 2.53. The van der Waals surface area contributed by atoms with Gasteiger partial charge in [0.15, 0.2) is 0 Å². The standard InChI is InChI=1S/C10H14BrNOS/c1-2-7(6-12)9(13)5-8-3-4-10(11)14-8/h3-4,7H,2,5-6,12H2,1H3. The van der Waals surface area contributed by atoms with Crippen molar-refractivity contribution in [3.8, 4) is 0 Å². The second-order valence-electron chi connectivity index (χ2n) is 3.19. The lowest BCUT2D eigenvalue weighted by Gasteiger charge is -2.09. The lowest BCUT2D eigenvalue weighted by atomic mass is 9.98. The van der Waals surface area contributed by atoms with Crippen molar-refractivity contribution in [2.24, 2.45) is 11.7 Å². The van der Waals surface area contributed by atoms with Crippen molar-refractivity contribution in [1.29, 1.82) is 0 Å². The summed E-state index contributed by atoms with van der Waals surface area (Å²) in [6.45, 7) is 2.46. The van der Waals surface area contributed by atoms with Crippen LogP contribution in [0.5, 0.6) is 0 Å². The van der Waals surface area contributed by atoms with E-state index in [-0.39, 0.29) is 11.7 Å². The van der Waals surface area contributed by atoms with Crippen LogP contribution in [0.1, 0.15) is 18.2 Å². The Morgan fingerprint density at radius 3 is 2.79 bits per heavy atom. The summed E-state index contributed by atoms with van der Waals surface area (Å²) >= 11 is 4.99. The second-order valence-corrected chi connectivity index (χ2v) is 5.74. The highest BCUT2D eigenvalue weighted by Crippen LogP contribution is 2.23. The van der Waals surface area contributed by atoms with Crippen LogP contribution in [0.25, 0.3) is 0 Å². The quantitative estimate of drug-likeness (QED) is 0.898. The molecule has 1 aromatic heterocycles. The van der Waals surface area contributed by atoms with Crippen LogP contribution < -0.4 is 5.73 Å². The summed E-state index contributed by atoms with van der Waals surface area (Å²) in [6, 6.07) is 3.95. The molecule has 2 nitrogen and oxygen atoms in total. The third-order valence-electron chi connectivity index (χ3n) is 2.21. The maximum absolute atomic E-state index is 11.7. The number of nitrogens with two attached hydrogens (primary N) is 1. The first-order valence-electron chi connectivity index (χ1n) is 4.64. The van der Waals surface area contributed by atoms with E-state index in [9.17, 15) is 4.79 Å². The Hall–Kier alpha value is -0.190. The number of ketones is 1. The van der Waals surface area contributed by atoms with Crippen LogP contribution in [0.4, 0.5) is 0 Å².